The summed E-state index contributed by atoms with van der Waals surface area (Å²) in [6, 6.07) is 7.25. The van der Waals surface area contributed by atoms with Crippen LogP contribution in [0.3, 0.4) is 0 Å². The number of rotatable bonds is 6. The van der Waals surface area contributed by atoms with Crippen LogP contribution in [0.5, 0.6) is 0 Å². The fourth-order valence-corrected chi connectivity index (χ4v) is 4.47. The number of benzene rings is 1. The summed E-state index contributed by atoms with van der Waals surface area (Å²) in [6.45, 7) is 6.68. The van der Waals surface area contributed by atoms with Crippen molar-refractivity contribution >= 4 is 5.96 Å². The molecule has 2 bridgehead atoms. The number of halogens is 1. The summed E-state index contributed by atoms with van der Waals surface area (Å²) < 4.78 is 24.9. The van der Waals surface area contributed by atoms with Gasteiger partial charge in [-0.05, 0) is 43.9 Å². The molecular weight excluding hydrogens is 359 g/mol. The summed E-state index contributed by atoms with van der Waals surface area (Å²) >= 11 is 0. The first-order valence-corrected chi connectivity index (χ1v) is 10.5. The molecule has 3 fully saturated rings. The van der Waals surface area contributed by atoms with E-state index in [0.717, 1.165) is 57.2 Å². The number of aliphatic imine (C=N–C) groups is 1. The van der Waals surface area contributed by atoms with Gasteiger partial charge in [0.05, 0.1) is 44.1 Å². The molecule has 0 saturated carbocycles. The van der Waals surface area contributed by atoms with Gasteiger partial charge in [0.2, 0.25) is 0 Å². The molecule has 28 heavy (non-hydrogen) atoms. The van der Waals surface area contributed by atoms with Crippen LogP contribution in [0, 0.1) is 5.82 Å². The van der Waals surface area contributed by atoms with Gasteiger partial charge in [0, 0.05) is 19.6 Å². The van der Waals surface area contributed by atoms with Gasteiger partial charge in [0.15, 0.2) is 5.96 Å². The van der Waals surface area contributed by atoms with Gasteiger partial charge in [-0.15, -0.1) is 0 Å². The summed E-state index contributed by atoms with van der Waals surface area (Å²) in [5.74, 6) is 0.628. The number of ether oxygens (including phenoxy) is 2. The SMILES string of the molecule is CCNC(=NCC(c1ccc(F)cc1)N1CCOCC1)NC1CC2CCC1O2. The zero-order valence-corrected chi connectivity index (χ0v) is 16.6. The van der Waals surface area contributed by atoms with Gasteiger partial charge in [0.1, 0.15) is 5.82 Å². The molecule has 0 spiro atoms. The number of nitrogens with zero attached hydrogens (tertiary/aromatic N) is 2. The van der Waals surface area contributed by atoms with E-state index in [9.17, 15) is 4.39 Å². The molecule has 0 amide bonds. The maximum Gasteiger partial charge on any atom is 0.191 e. The van der Waals surface area contributed by atoms with Crippen LogP contribution in [-0.2, 0) is 9.47 Å². The lowest BCUT2D eigenvalue weighted by molar-refractivity contribution is 0.0179. The van der Waals surface area contributed by atoms with Crippen molar-refractivity contribution < 1.29 is 13.9 Å². The van der Waals surface area contributed by atoms with Crippen LogP contribution in [0.4, 0.5) is 4.39 Å². The second-order valence-corrected chi connectivity index (χ2v) is 7.80. The maximum absolute atomic E-state index is 13.4. The molecule has 2 N–H and O–H groups in total. The lowest BCUT2D eigenvalue weighted by atomic mass is 9.96. The van der Waals surface area contributed by atoms with Crippen molar-refractivity contribution in [1.29, 1.82) is 0 Å². The molecule has 4 atom stereocenters. The third-order valence-electron chi connectivity index (χ3n) is 5.94. The van der Waals surface area contributed by atoms with E-state index >= 15 is 0 Å². The Balaban J connectivity index is 1.47. The second kappa shape index (κ2) is 9.20. The van der Waals surface area contributed by atoms with Gasteiger partial charge >= 0.3 is 0 Å². The van der Waals surface area contributed by atoms with Crippen LogP contribution in [0.15, 0.2) is 29.3 Å². The minimum atomic E-state index is -0.209. The monoisotopic (exact) mass is 390 g/mol. The molecule has 3 aliphatic heterocycles. The highest BCUT2D eigenvalue weighted by Gasteiger charge is 2.41. The highest BCUT2D eigenvalue weighted by atomic mass is 19.1. The van der Waals surface area contributed by atoms with E-state index in [-0.39, 0.29) is 11.9 Å². The predicted molar refractivity (Wildman–Crippen MR) is 107 cm³/mol. The van der Waals surface area contributed by atoms with E-state index < -0.39 is 0 Å². The van der Waals surface area contributed by atoms with Crippen LogP contribution >= 0.6 is 0 Å². The van der Waals surface area contributed by atoms with Crippen LogP contribution in [-0.4, -0.2) is 68.5 Å². The molecule has 0 radical (unpaired) electrons. The summed E-state index contributed by atoms with van der Waals surface area (Å²) in [7, 11) is 0. The molecule has 154 valence electrons. The lowest BCUT2D eigenvalue weighted by Crippen LogP contribution is -2.48. The van der Waals surface area contributed by atoms with Gasteiger partial charge in [-0.3, -0.25) is 9.89 Å². The van der Waals surface area contributed by atoms with E-state index in [1.165, 1.54) is 18.6 Å². The largest absolute Gasteiger partial charge is 0.379 e. The van der Waals surface area contributed by atoms with Crippen LogP contribution in [0.2, 0.25) is 0 Å². The third-order valence-corrected chi connectivity index (χ3v) is 5.94. The van der Waals surface area contributed by atoms with Gasteiger partial charge in [-0.1, -0.05) is 12.1 Å². The lowest BCUT2D eigenvalue weighted by Gasteiger charge is -2.34. The van der Waals surface area contributed by atoms with Crippen molar-refractivity contribution in [2.45, 2.75) is 50.5 Å². The minimum Gasteiger partial charge on any atom is -0.379 e. The normalized spacial score (nSPS) is 29.1. The van der Waals surface area contributed by atoms with E-state index in [1.54, 1.807) is 0 Å². The molecule has 3 heterocycles. The molecule has 1 aromatic rings. The molecule has 3 saturated heterocycles. The summed E-state index contributed by atoms with van der Waals surface area (Å²) in [5, 5.41) is 6.95. The zero-order valence-electron chi connectivity index (χ0n) is 16.6. The molecule has 3 aliphatic rings. The molecular formula is C21H31FN4O2. The van der Waals surface area contributed by atoms with Crippen molar-refractivity contribution in [2.24, 2.45) is 4.99 Å². The second-order valence-electron chi connectivity index (χ2n) is 7.80. The van der Waals surface area contributed by atoms with Gasteiger partial charge in [-0.2, -0.15) is 0 Å². The first-order valence-electron chi connectivity index (χ1n) is 10.5. The fourth-order valence-electron chi connectivity index (χ4n) is 4.47. The van der Waals surface area contributed by atoms with Crippen molar-refractivity contribution in [3.05, 3.63) is 35.6 Å². The molecule has 6 nitrogen and oxygen atoms in total. The van der Waals surface area contributed by atoms with Crippen LogP contribution in [0.25, 0.3) is 0 Å². The first-order chi connectivity index (χ1) is 13.7. The van der Waals surface area contributed by atoms with E-state index in [2.05, 4.69) is 22.5 Å². The third kappa shape index (κ3) is 4.64. The van der Waals surface area contributed by atoms with E-state index in [1.807, 2.05) is 12.1 Å². The van der Waals surface area contributed by atoms with Crippen molar-refractivity contribution in [3.8, 4) is 0 Å². The molecule has 7 heteroatoms. The number of hydrogen-bond donors (Lipinski definition) is 2. The zero-order chi connectivity index (χ0) is 19.3. The predicted octanol–water partition coefficient (Wildman–Crippen LogP) is 2.07. The molecule has 0 aromatic heterocycles. The Morgan fingerprint density at radius 1 is 1.25 bits per heavy atom. The Morgan fingerprint density at radius 2 is 2.04 bits per heavy atom. The minimum absolute atomic E-state index is 0.108. The Kier molecular flexibility index (Phi) is 6.44. The first kappa shape index (κ1) is 19.6. The van der Waals surface area contributed by atoms with E-state index in [4.69, 9.17) is 14.5 Å². The number of guanidine groups is 1. The summed E-state index contributed by atoms with van der Waals surface area (Å²) in [5.41, 5.74) is 1.09. The Labute approximate surface area is 166 Å². The molecule has 4 rings (SSSR count). The summed E-state index contributed by atoms with van der Waals surface area (Å²) in [6.07, 6.45) is 4.08. The molecule has 1 aromatic carbocycles. The molecule has 0 aliphatic carbocycles. The van der Waals surface area contributed by atoms with Crippen molar-refractivity contribution in [2.75, 3.05) is 39.4 Å². The van der Waals surface area contributed by atoms with E-state index in [0.29, 0.717) is 24.8 Å². The van der Waals surface area contributed by atoms with Crippen molar-refractivity contribution in [3.63, 3.8) is 0 Å². The quantitative estimate of drug-likeness (QED) is 0.575. The fraction of sp³-hybridized carbons (Fsp3) is 0.667. The number of morpholine rings is 1. The highest BCUT2D eigenvalue weighted by molar-refractivity contribution is 5.80. The van der Waals surface area contributed by atoms with Crippen LogP contribution in [0.1, 0.15) is 37.8 Å². The summed E-state index contributed by atoms with van der Waals surface area (Å²) in [4.78, 5) is 7.28. The van der Waals surface area contributed by atoms with Gasteiger partial charge in [0.25, 0.3) is 0 Å². The Bertz CT molecular complexity index is 663. The Morgan fingerprint density at radius 3 is 2.68 bits per heavy atom. The molecule has 4 unspecified atom stereocenters. The topological polar surface area (TPSA) is 58.1 Å². The average Bonchev–Trinajstić information content (AvgIpc) is 3.33. The highest BCUT2D eigenvalue weighted by Crippen LogP contribution is 2.34. The number of fused-ring (bicyclic) bond motifs is 2. The van der Waals surface area contributed by atoms with Gasteiger partial charge in [-0.25, -0.2) is 4.39 Å². The van der Waals surface area contributed by atoms with Crippen LogP contribution < -0.4 is 10.6 Å². The van der Waals surface area contributed by atoms with Crippen molar-refractivity contribution in [1.82, 2.24) is 15.5 Å². The average molecular weight is 391 g/mol. The van der Waals surface area contributed by atoms with Gasteiger partial charge < -0.3 is 20.1 Å². The maximum atomic E-state index is 13.4. The smallest absolute Gasteiger partial charge is 0.191 e. The standard InChI is InChI=1S/C21H31FN4O2/c1-2-23-21(25-18-13-17-7-8-20(18)28-17)24-14-19(26-9-11-27-12-10-26)15-3-5-16(22)6-4-15/h3-6,17-20H,2,7-14H2,1H3,(H2,23,24,25). The number of hydrogen-bond acceptors (Lipinski definition) is 4. The number of nitrogens with one attached hydrogen (secondary N) is 2. The Hall–Kier alpha value is -1.70.